The summed E-state index contributed by atoms with van der Waals surface area (Å²) in [4.78, 5) is 11.0. The van der Waals surface area contributed by atoms with Gasteiger partial charge in [-0.2, -0.15) is 10.2 Å². The molecule has 0 aliphatic carbocycles. The second-order valence-corrected chi connectivity index (χ2v) is 4.13. The normalized spacial score (nSPS) is 10.8. The molecule has 2 heterocycles. The average molecular weight is 254 g/mol. The number of aromatic nitrogens is 4. The second-order valence-electron chi connectivity index (χ2n) is 4.13. The number of carboxylic acid groups (broad SMARTS) is 1. The van der Waals surface area contributed by atoms with Gasteiger partial charge in [0.15, 0.2) is 5.82 Å². The lowest BCUT2D eigenvalue weighted by atomic mass is 10.2. The van der Waals surface area contributed by atoms with Gasteiger partial charge in [-0.05, 0) is 6.92 Å². The number of fused-ring (bicyclic) bond motifs is 1. The van der Waals surface area contributed by atoms with E-state index in [9.17, 15) is 4.79 Å². The Hall–Kier alpha value is -2.76. The molecule has 0 aliphatic rings. The summed E-state index contributed by atoms with van der Waals surface area (Å²) in [5.41, 5.74) is 0.608. The van der Waals surface area contributed by atoms with Gasteiger partial charge < -0.3 is 5.11 Å². The van der Waals surface area contributed by atoms with Gasteiger partial charge >= 0.3 is 5.97 Å². The van der Waals surface area contributed by atoms with Crippen LogP contribution < -0.4 is 0 Å². The van der Waals surface area contributed by atoms with E-state index in [0.29, 0.717) is 11.5 Å². The number of hydrogen-bond donors (Lipinski definition) is 1. The summed E-state index contributed by atoms with van der Waals surface area (Å²) >= 11 is 0. The molecular weight excluding hydrogens is 244 g/mol. The van der Waals surface area contributed by atoms with Gasteiger partial charge in [0.05, 0.1) is 11.9 Å². The third kappa shape index (κ3) is 1.83. The van der Waals surface area contributed by atoms with Crippen LogP contribution in [0.5, 0.6) is 0 Å². The molecular formula is C13H10N4O2. The van der Waals surface area contributed by atoms with Crippen LogP contribution in [0.25, 0.3) is 16.6 Å². The predicted molar refractivity (Wildman–Crippen MR) is 68.4 cm³/mol. The number of nitrogens with zero attached hydrogens (tertiary/aromatic N) is 4. The summed E-state index contributed by atoms with van der Waals surface area (Å²) in [6.07, 6.45) is 3.11. The van der Waals surface area contributed by atoms with Crippen LogP contribution in [0.15, 0.2) is 36.7 Å². The van der Waals surface area contributed by atoms with E-state index in [1.54, 1.807) is 13.1 Å². The molecule has 0 spiro atoms. The minimum atomic E-state index is -1.00. The maximum absolute atomic E-state index is 11.0. The number of carboxylic acids is 1. The Morgan fingerprint density at radius 3 is 2.84 bits per heavy atom. The number of aromatic carboxylic acids is 1. The van der Waals surface area contributed by atoms with E-state index in [2.05, 4.69) is 15.3 Å². The third-order valence-electron chi connectivity index (χ3n) is 2.90. The summed E-state index contributed by atoms with van der Waals surface area (Å²) in [6.45, 7) is 1.65. The summed E-state index contributed by atoms with van der Waals surface area (Å²) in [5.74, 6) is -0.481. The van der Waals surface area contributed by atoms with E-state index in [0.717, 1.165) is 10.8 Å². The van der Waals surface area contributed by atoms with Gasteiger partial charge in [-0.3, -0.25) is 0 Å². The van der Waals surface area contributed by atoms with Crippen LogP contribution in [0.2, 0.25) is 0 Å². The zero-order valence-electron chi connectivity index (χ0n) is 10.1. The topological polar surface area (TPSA) is 80.9 Å². The standard InChI is InChI=1S/C13H10N4O2/c1-8-11(13(18)19)7-17(16-8)12-10-5-3-2-4-9(10)6-14-15-12/h2-7H,1H3,(H,18,19). The fourth-order valence-electron chi connectivity index (χ4n) is 1.96. The summed E-state index contributed by atoms with van der Waals surface area (Å²) in [6, 6.07) is 7.62. The van der Waals surface area contributed by atoms with Crippen molar-refractivity contribution in [3.63, 3.8) is 0 Å². The smallest absolute Gasteiger partial charge is 0.339 e. The maximum Gasteiger partial charge on any atom is 0.339 e. The minimum Gasteiger partial charge on any atom is -0.478 e. The van der Waals surface area contributed by atoms with Crippen LogP contribution >= 0.6 is 0 Å². The Labute approximate surface area is 108 Å². The van der Waals surface area contributed by atoms with E-state index in [1.807, 2.05) is 24.3 Å². The highest BCUT2D eigenvalue weighted by atomic mass is 16.4. The maximum atomic E-state index is 11.0. The molecule has 0 unspecified atom stereocenters. The highest BCUT2D eigenvalue weighted by Gasteiger charge is 2.14. The molecule has 0 aliphatic heterocycles. The van der Waals surface area contributed by atoms with Crippen molar-refractivity contribution in [2.75, 3.05) is 0 Å². The van der Waals surface area contributed by atoms with E-state index in [4.69, 9.17) is 5.11 Å². The minimum absolute atomic E-state index is 0.162. The zero-order chi connectivity index (χ0) is 13.4. The monoisotopic (exact) mass is 254 g/mol. The Bertz CT molecular complexity index is 774. The molecule has 0 saturated heterocycles. The second kappa shape index (κ2) is 4.16. The number of benzene rings is 1. The molecule has 6 heteroatoms. The average Bonchev–Trinajstić information content (AvgIpc) is 2.80. The van der Waals surface area contributed by atoms with E-state index in [1.165, 1.54) is 10.9 Å². The number of aryl methyl sites for hydroxylation is 1. The molecule has 0 fully saturated rings. The molecule has 3 aromatic rings. The predicted octanol–water partition coefficient (Wildman–Crippen LogP) is 1.82. The van der Waals surface area contributed by atoms with Crippen LogP contribution in [0.1, 0.15) is 16.1 Å². The number of hydrogen-bond acceptors (Lipinski definition) is 4. The molecule has 0 saturated carbocycles. The summed E-state index contributed by atoms with van der Waals surface area (Å²) < 4.78 is 1.45. The Kier molecular flexibility index (Phi) is 2.49. The molecule has 94 valence electrons. The van der Waals surface area contributed by atoms with E-state index >= 15 is 0 Å². The molecule has 3 rings (SSSR count). The molecule has 0 bridgehead atoms. The third-order valence-corrected chi connectivity index (χ3v) is 2.90. The van der Waals surface area contributed by atoms with E-state index < -0.39 is 5.97 Å². The quantitative estimate of drug-likeness (QED) is 0.754. The van der Waals surface area contributed by atoms with Crippen molar-refractivity contribution in [3.05, 3.63) is 47.9 Å². The van der Waals surface area contributed by atoms with Gasteiger partial charge in [-0.1, -0.05) is 24.3 Å². The van der Waals surface area contributed by atoms with Gasteiger partial charge in [0.1, 0.15) is 5.56 Å². The van der Waals surface area contributed by atoms with Crippen LogP contribution in [0, 0.1) is 6.92 Å². The Morgan fingerprint density at radius 2 is 2.11 bits per heavy atom. The van der Waals surface area contributed by atoms with Crippen molar-refractivity contribution in [2.24, 2.45) is 0 Å². The van der Waals surface area contributed by atoms with Crippen LogP contribution in [-0.4, -0.2) is 31.1 Å². The lowest BCUT2D eigenvalue weighted by Gasteiger charge is -2.03. The van der Waals surface area contributed by atoms with Gasteiger partial charge in [0, 0.05) is 17.0 Å². The van der Waals surface area contributed by atoms with Gasteiger partial charge in [0.2, 0.25) is 0 Å². The highest BCUT2D eigenvalue weighted by Crippen LogP contribution is 2.19. The van der Waals surface area contributed by atoms with Crippen molar-refractivity contribution >= 4 is 16.7 Å². The fourth-order valence-corrected chi connectivity index (χ4v) is 1.96. The SMILES string of the molecule is Cc1nn(-c2nncc3ccccc23)cc1C(=O)O. The van der Waals surface area contributed by atoms with Crippen LogP contribution in [0.4, 0.5) is 0 Å². The Balaban J connectivity index is 2.25. The molecule has 6 nitrogen and oxygen atoms in total. The first-order valence-corrected chi connectivity index (χ1v) is 5.67. The van der Waals surface area contributed by atoms with Crippen molar-refractivity contribution in [1.82, 2.24) is 20.0 Å². The number of rotatable bonds is 2. The van der Waals surface area contributed by atoms with Crippen molar-refractivity contribution < 1.29 is 9.90 Å². The van der Waals surface area contributed by atoms with Crippen molar-refractivity contribution in [1.29, 1.82) is 0 Å². The lowest BCUT2D eigenvalue weighted by Crippen LogP contribution is -2.01. The lowest BCUT2D eigenvalue weighted by molar-refractivity contribution is 0.0696. The molecule has 19 heavy (non-hydrogen) atoms. The molecule has 2 aromatic heterocycles. The molecule has 0 amide bonds. The Morgan fingerprint density at radius 1 is 1.32 bits per heavy atom. The molecule has 0 atom stereocenters. The summed E-state index contributed by atoms with van der Waals surface area (Å²) in [5, 5.41) is 23.0. The van der Waals surface area contributed by atoms with Crippen LogP contribution in [0.3, 0.4) is 0 Å². The number of carbonyl (C=O) groups is 1. The molecule has 1 N–H and O–H groups in total. The largest absolute Gasteiger partial charge is 0.478 e. The first-order chi connectivity index (χ1) is 9.16. The van der Waals surface area contributed by atoms with E-state index in [-0.39, 0.29) is 5.56 Å². The van der Waals surface area contributed by atoms with Crippen molar-refractivity contribution in [3.8, 4) is 5.82 Å². The van der Waals surface area contributed by atoms with Crippen LogP contribution in [-0.2, 0) is 0 Å². The molecule has 1 aromatic carbocycles. The first kappa shape index (κ1) is 11.3. The van der Waals surface area contributed by atoms with Gasteiger partial charge in [-0.25, -0.2) is 9.48 Å². The van der Waals surface area contributed by atoms with Gasteiger partial charge in [0.25, 0.3) is 0 Å². The summed E-state index contributed by atoms with van der Waals surface area (Å²) in [7, 11) is 0. The zero-order valence-corrected chi connectivity index (χ0v) is 10.1. The van der Waals surface area contributed by atoms with Gasteiger partial charge in [-0.15, -0.1) is 5.10 Å². The first-order valence-electron chi connectivity index (χ1n) is 5.67. The highest BCUT2D eigenvalue weighted by molar-refractivity contribution is 5.90. The molecule has 0 radical (unpaired) electrons. The van der Waals surface area contributed by atoms with Crippen molar-refractivity contribution in [2.45, 2.75) is 6.92 Å². The fraction of sp³-hybridized carbons (Fsp3) is 0.0769.